The zero-order valence-electron chi connectivity index (χ0n) is 13.7. The van der Waals surface area contributed by atoms with Crippen molar-refractivity contribution in [3.05, 3.63) is 0 Å². The van der Waals surface area contributed by atoms with Gasteiger partial charge in [-0.05, 0) is 49.0 Å². The summed E-state index contributed by atoms with van der Waals surface area (Å²) in [6, 6.07) is 0.780. The second-order valence-electron chi connectivity index (χ2n) is 8.29. The summed E-state index contributed by atoms with van der Waals surface area (Å²) >= 11 is 0. The molecule has 0 amide bonds. The molecule has 2 saturated carbocycles. The van der Waals surface area contributed by atoms with E-state index in [2.05, 4.69) is 33.0 Å². The molecule has 2 aliphatic carbocycles. The van der Waals surface area contributed by atoms with Crippen molar-refractivity contribution < 1.29 is 0 Å². The Balaban J connectivity index is 1.85. The van der Waals surface area contributed by atoms with Crippen LogP contribution >= 0.6 is 0 Å². The minimum atomic E-state index is 0.469. The fraction of sp³-hybridized carbons (Fsp3) is 1.00. The van der Waals surface area contributed by atoms with Crippen molar-refractivity contribution in [2.24, 2.45) is 23.2 Å². The highest BCUT2D eigenvalue weighted by atomic mass is 14.9. The summed E-state index contributed by atoms with van der Waals surface area (Å²) in [5, 5.41) is 3.98. The van der Waals surface area contributed by atoms with Crippen LogP contribution in [0, 0.1) is 23.2 Å². The van der Waals surface area contributed by atoms with Crippen LogP contribution in [-0.4, -0.2) is 12.6 Å². The minimum Gasteiger partial charge on any atom is -0.313 e. The lowest BCUT2D eigenvalue weighted by molar-refractivity contribution is 0.121. The van der Waals surface area contributed by atoms with Gasteiger partial charge in [0.2, 0.25) is 0 Å². The molecule has 1 nitrogen and oxygen atoms in total. The summed E-state index contributed by atoms with van der Waals surface area (Å²) in [7, 11) is 0. The molecular formula is C18H35N. The lowest BCUT2D eigenvalue weighted by Crippen LogP contribution is -2.46. The van der Waals surface area contributed by atoms with Crippen LogP contribution in [0.15, 0.2) is 0 Å². The van der Waals surface area contributed by atoms with Crippen LogP contribution in [0.1, 0.15) is 79.1 Å². The Morgan fingerprint density at radius 3 is 2.21 bits per heavy atom. The van der Waals surface area contributed by atoms with Gasteiger partial charge in [0.1, 0.15) is 0 Å². The van der Waals surface area contributed by atoms with Crippen LogP contribution in [-0.2, 0) is 0 Å². The first-order chi connectivity index (χ1) is 8.98. The van der Waals surface area contributed by atoms with Crippen molar-refractivity contribution in [3.63, 3.8) is 0 Å². The van der Waals surface area contributed by atoms with E-state index in [9.17, 15) is 0 Å². The predicted molar refractivity (Wildman–Crippen MR) is 84.3 cm³/mol. The molecule has 0 bridgehead atoms. The van der Waals surface area contributed by atoms with Crippen LogP contribution in [0.25, 0.3) is 0 Å². The summed E-state index contributed by atoms with van der Waals surface area (Å²) in [4.78, 5) is 0. The normalized spacial score (nSPS) is 37.3. The molecule has 1 N–H and O–H groups in total. The average Bonchev–Trinajstić information content (AvgIpc) is 2.37. The fourth-order valence-electron chi connectivity index (χ4n) is 4.41. The molecule has 0 radical (unpaired) electrons. The molecule has 0 aromatic carbocycles. The van der Waals surface area contributed by atoms with E-state index >= 15 is 0 Å². The molecule has 4 atom stereocenters. The van der Waals surface area contributed by atoms with Gasteiger partial charge in [0.05, 0.1) is 0 Å². The van der Waals surface area contributed by atoms with Gasteiger partial charge >= 0.3 is 0 Å². The van der Waals surface area contributed by atoms with E-state index in [1.54, 1.807) is 0 Å². The van der Waals surface area contributed by atoms with Crippen molar-refractivity contribution in [2.45, 2.75) is 85.1 Å². The largest absolute Gasteiger partial charge is 0.313 e. The van der Waals surface area contributed by atoms with Gasteiger partial charge in [0.25, 0.3) is 0 Å². The van der Waals surface area contributed by atoms with Crippen LogP contribution in [0.5, 0.6) is 0 Å². The van der Waals surface area contributed by atoms with Crippen molar-refractivity contribution in [3.8, 4) is 0 Å². The maximum Gasteiger partial charge on any atom is 0.0100 e. The third kappa shape index (κ3) is 4.21. The Morgan fingerprint density at radius 2 is 1.53 bits per heavy atom. The van der Waals surface area contributed by atoms with Gasteiger partial charge in [0, 0.05) is 6.04 Å². The third-order valence-corrected chi connectivity index (χ3v) is 5.81. The zero-order chi connectivity index (χ0) is 13.9. The molecule has 19 heavy (non-hydrogen) atoms. The van der Waals surface area contributed by atoms with E-state index in [0.29, 0.717) is 5.41 Å². The monoisotopic (exact) mass is 265 g/mol. The third-order valence-electron chi connectivity index (χ3n) is 5.81. The summed E-state index contributed by atoms with van der Waals surface area (Å²) in [6.07, 6.45) is 11.6. The number of hydrogen-bond donors (Lipinski definition) is 1. The fourth-order valence-corrected chi connectivity index (χ4v) is 4.41. The maximum atomic E-state index is 3.98. The Labute approximate surface area is 120 Å². The van der Waals surface area contributed by atoms with Crippen molar-refractivity contribution in [1.82, 2.24) is 5.32 Å². The molecule has 2 rings (SSSR count). The van der Waals surface area contributed by atoms with Crippen LogP contribution in [0.2, 0.25) is 0 Å². The van der Waals surface area contributed by atoms with Gasteiger partial charge in [-0.15, -0.1) is 0 Å². The molecule has 2 fully saturated rings. The summed E-state index contributed by atoms with van der Waals surface area (Å²) in [5.74, 6) is 2.76. The molecule has 1 heteroatoms. The summed E-state index contributed by atoms with van der Waals surface area (Å²) < 4.78 is 0. The topological polar surface area (TPSA) is 12.0 Å². The lowest BCUT2D eigenvalue weighted by Gasteiger charge is -2.42. The first-order valence-electron chi connectivity index (χ1n) is 8.72. The zero-order valence-corrected chi connectivity index (χ0v) is 13.7. The van der Waals surface area contributed by atoms with Gasteiger partial charge in [-0.3, -0.25) is 0 Å². The van der Waals surface area contributed by atoms with E-state index in [1.807, 2.05) is 0 Å². The lowest BCUT2D eigenvalue weighted by atomic mass is 9.69. The van der Waals surface area contributed by atoms with Crippen molar-refractivity contribution >= 4 is 0 Å². The highest BCUT2D eigenvalue weighted by Gasteiger charge is 2.34. The quantitative estimate of drug-likeness (QED) is 0.756. The van der Waals surface area contributed by atoms with E-state index in [-0.39, 0.29) is 0 Å². The number of nitrogens with one attached hydrogen (secondary N) is 1. The molecular weight excluding hydrogens is 230 g/mol. The van der Waals surface area contributed by atoms with E-state index in [0.717, 1.165) is 23.8 Å². The second kappa shape index (κ2) is 6.61. The Kier molecular flexibility index (Phi) is 5.34. The van der Waals surface area contributed by atoms with E-state index in [4.69, 9.17) is 0 Å². The smallest absolute Gasteiger partial charge is 0.0100 e. The minimum absolute atomic E-state index is 0.469. The highest BCUT2D eigenvalue weighted by Crippen LogP contribution is 2.38. The van der Waals surface area contributed by atoms with Crippen molar-refractivity contribution in [1.29, 1.82) is 0 Å². The Bertz CT molecular complexity index is 265. The summed E-state index contributed by atoms with van der Waals surface area (Å²) in [5.41, 5.74) is 0.469. The molecule has 2 aliphatic rings. The Morgan fingerprint density at radius 1 is 0.895 bits per heavy atom. The first-order valence-corrected chi connectivity index (χ1v) is 8.72. The Hall–Kier alpha value is -0.0400. The van der Waals surface area contributed by atoms with Crippen LogP contribution in [0.3, 0.4) is 0 Å². The van der Waals surface area contributed by atoms with Gasteiger partial charge in [0.15, 0.2) is 0 Å². The molecule has 0 aliphatic heterocycles. The SMILES string of the molecule is CC1CCCCC1CNC1CCCCC1C(C)(C)C. The number of hydrogen-bond acceptors (Lipinski definition) is 1. The van der Waals surface area contributed by atoms with Gasteiger partial charge in [-0.1, -0.05) is 59.8 Å². The number of rotatable bonds is 3. The second-order valence-corrected chi connectivity index (χ2v) is 8.29. The summed E-state index contributed by atoms with van der Waals surface area (Å²) in [6.45, 7) is 11.0. The average molecular weight is 265 g/mol. The highest BCUT2D eigenvalue weighted by molar-refractivity contribution is 4.89. The molecule has 4 unspecified atom stereocenters. The van der Waals surface area contributed by atoms with Crippen molar-refractivity contribution in [2.75, 3.05) is 6.54 Å². The van der Waals surface area contributed by atoms with Crippen LogP contribution < -0.4 is 5.32 Å². The molecule has 0 aromatic rings. The predicted octanol–water partition coefficient (Wildman–Crippen LogP) is 5.01. The van der Waals surface area contributed by atoms with Gasteiger partial charge in [-0.2, -0.15) is 0 Å². The molecule has 0 spiro atoms. The standard InChI is InChI=1S/C18H35N/c1-14-9-5-6-10-15(14)13-19-17-12-8-7-11-16(17)18(2,3)4/h14-17,19H,5-13H2,1-4H3. The molecule has 0 heterocycles. The molecule has 0 aromatic heterocycles. The van der Waals surface area contributed by atoms with Gasteiger partial charge < -0.3 is 5.32 Å². The van der Waals surface area contributed by atoms with Gasteiger partial charge in [-0.25, -0.2) is 0 Å². The van der Waals surface area contributed by atoms with E-state index < -0.39 is 0 Å². The van der Waals surface area contributed by atoms with Crippen LogP contribution in [0.4, 0.5) is 0 Å². The maximum absolute atomic E-state index is 3.98. The molecule has 0 saturated heterocycles. The molecule has 112 valence electrons. The van der Waals surface area contributed by atoms with E-state index in [1.165, 1.54) is 57.9 Å². The first kappa shape index (κ1) is 15.4.